The molecule has 0 aliphatic heterocycles. The molecule has 0 amide bonds. The maximum atomic E-state index is 11.6. The third-order valence-electron chi connectivity index (χ3n) is 3.30. The van der Waals surface area contributed by atoms with Crippen LogP contribution >= 0.6 is 0 Å². The van der Waals surface area contributed by atoms with Crippen LogP contribution < -0.4 is 5.32 Å². The Balaban J connectivity index is 2.80. The Hall–Kier alpha value is -1.51. The number of esters is 1. The molecular formula is C16H25NO2. The van der Waals surface area contributed by atoms with Crippen LogP contribution in [-0.4, -0.2) is 19.6 Å². The molecule has 0 aliphatic carbocycles. The van der Waals surface area contributed by atoms with Crippen LogP contribution in [-0.2, 0) is 14.9 Å². The fraction of sp³-hybridized carbons (Fsp3) is 0.562. The topological polar surface area (TPSA) is 38.3 Å². The molecule has 0 fully saturated rings. The van der Waals surface area contributed by atoms with Gasteiger partial charge in [0, 0.05) is 12.2 Å². The van der Waals surface area contributed by atoms with Gasteiger partial charge < -0.3 is 10.1 Å². The van der Waals surface area contributed by atoms with Gasteiger partial charge in [-0.1, -0.05) is 45.9 Å². The summed E-state index contributed by atoms with van der Waals surface area (Å²) in [6.07, 6.45) is 0.775. The normalized spacial score (nSPS) is 12.9. The SMILES string of the molecule is CCC(CNc1ccccc1C(C)(C)C)C(=O)OC. The monoisotopic (exact) mass is 263 g/mol. The Morgan fingerprint density at radius 1 is 1.32 bits per heavy atom. The predicted octanol–water partition coefficient (Wildman–Crippen LogP) is 3.60. The van der Waals surface area contributed by atoms with Crippen LogP contribution in [0.3, 0.4) is 0 Å². The third-order valence-corrected chi connectivity index (χ3v) is 3.30. The van der Waals surface area contributed by atoms with E-state index in [1.165, 1.54) is 12.7 Å². The van der Waals surface area contributed by atoms with Crippen LogP contribution in [0.5, 0.6) is 0 Å². The fourth-order valence-corrected chi connectivity index (χ4v) is 2.09. The first kappa shape index (κ1) is 15.5. The Bertz CT molecular complexity index is 421. The second kappa shape index (κ2) is 6.60. The zero-order valence-electron chi connectivity index (χ0n) is 12.6. The minimum atomic E-state index is -0.150. The number of anilines is 1. The molecule has 0 saturated heterocycles. The number of methoxy groups -OCH3 is 1. The average Bonchev–Trinajstić information content (AvgIpc) is 2.38. The van der Waals surface area contributed by atoms with Crippen molar-refractivity contribution in [3.63, 3.8) is 0 Å². The van der Waals surface area contributed by atoms with Crippen LogP contribution in [0.25, 0.3) is 0 Å². The van der Waals surface area contributed by atoms with E-state index < -0.39 is 0 Å². The lowest BCUT2D eigenvalue weighted by molar-refractivity contribution is -0.145. The van der Waals surface area contributed by atoms with E-state index in [2.05, 4.69) is 38.2 Å². The van der Waals surface area contributed by atoms with Gasteiger partial charge in [-0.25, -0.2) is 0 Å². The lowest BCUT2D eigenvalue weighted by Gasteiger charge is -2.24. The molecule has 1 aromatic rings. The van der Waals surface area contributed by atoms with Crippen LogP contribution in [0.15, 0.2) is 24.3 Å². The van der Waals surface area contributed by atoms with E-state index in [1.807, 2.05) is 19.1 Å². The van der Waals surface area contributed by atoms with Crippen LogP contribution in [0.4, 0.5) is 5.69 Å². The average molecular weight is 263 g/mol. The standard InChI is InChI=1S/C16H25NO2/c1-6-12(15(18)19-5)11-17-14-10-8-7-9-13(14)16(2,3)4/h7-10,12,17H,6,11H2,1-5H3. The molecule has 0 aromatic heterocycles. The molecule has 3 nitrogen and oxygen atoms in total. The molecule has 0 saturated carbocycles. The first-order valence-corrected chi connectivity index (χ1v) is 6.81. The van der Waals surface area contributed by atoms with Crippen molar-refractivity contribution in [2.45, 2.75) is 39.5 Å². The molecule has 0 heterocycles. The Morgan fingerprint density at radius 3 is 2.47 bits per heavy atom. The number of hydrogen-bond donors (Lipinski definition) is 1. The minimum absolute atomic E-state index is 0.0799. The summed E-state index contributed by atoms with van der Waals surface area (Å²) >= 11 is 0. The summed E-state index contributed by atoms with van der Waals surface area (Å²) in [6.45, 7) is 9.16. The van der Waals surface area contributed by atoms with Gasteiger partial charge in [0.15, 0.2) is 0 Å². The van der Waals surface area contributed by atoms with Gasteiger partial charge in [0.25, 0.3) is 0 Å². The molecule has 0 aliphatic rings. The largest absolute Gasteiger partial charge is 0.469 e. The van der Waals surface area contributed by atoms with Gasteiger partial charge >= 0.3 is 5.97 Å². The van der Waals surface area contributed by atoms with Gasteiger partial charge in [-0.3, -0.25) is 4.79 Å². The summed E-state index contributed by atoms with van der Waals surface area (Å²) in [4.78, 5) is 11.6. The van der Waals surface area contributed by atoms with E-state index in [0.29, 0.717) is 6.54 Å². The van der Waals surface area contributed by atoms with E-state index in [-0.39, 0.29) is 17.3 Å². The molecule has 1 rings (SSSR count). The lowest BCUT2D eigenvalue weighted by atomic mass is 9.85. The number of carbonyl (C=O) groups excluding carboxylic acids is 1. The van der Waals surface area contributed by atoms with Crippen molar-refractivity contribution < 1.29 is 9.53 Å². The van der Waals surface area contributed by atoms with Crippen molar-refractivity contribution in [3.05, 3.63) is 29.8 Å². The summed E-state index contributed by atoms with van der Waals surface area (Å²) in [5.41, 5.74) is 2.43. The van der Waals surface area contributed by atoms with Gasteiger partial charge in [0.05, 0.1) is 13.0 Å². The highest BCUT2D eigenvalue weighted by molar-refractivity contribution is 5.73. The number of carbonyl (C=O) groups is 1. The zero-order chi connectivity index (χ0) is 14.5. The van der Waals surface area contributed by atoms with E-state index in [4.69, 9.17) is 4.74 Å². The van der Waals surface area contributed by atoms with Gasteiger partial charge in [-0.15, -0.1) is 0 Å². The molecule has 1 aromatic carbocycles. The maximum Gasteiger partial charge on any atom is 0.310 e. The molecule has 106 valence electrons. The van der Waals surface area contributed by atoms with E-state index in [1.54, 1.807) is 0 Å². The van der Waals surface area contributed by atoms with Crippen LogP contribution in [0, 0.1) is 5.92 Å². The molecule has 0 radical (unpaired) electrons. The number of ether oxygens (including phenoxy) is 1. The number of para-hydroxylation sites is 1. The molecular weight excluding hydrogens is 238 g/mol. The molecule has 0 spiro atoms. The third kappa shape index (κ3) is 4.27. The molecule has 3 heteroatoms. The second-order valence-electron chi connectivity index (χ2n) is 5.80. The summed E-state index contributed by atoms with van der Waals surface area (Å²) in [6, 6.07) is 8.24. The summed E-state index contributed by atoms with van der Waals surface area (Å²) in [7, 11) is 1.44. The van der Waals surface area contributed by atoms with Crippen molar-refractivity contribution in [1.82, 2.24) is 0 Å². The first-order chi connectivity index (χ1) is 8.90. The van der Waals surface area contributed by atoms with Gasteiger partial charge in [0.1, 0.15) is 0 Å². The van der Waals surface area contributed by atoms with Crippen molar-refractivity contribution >= 4 is 11.7 Å². The maximum absolute atomic E-state index is 11.6. The molecule has 0 bridgehead atoms. The smallest absolute Gasteiger partial charge is 0.310 e. The lowest BCUT2D eigenvalue weighted by Crippen LogP contribution is -2.25. The molecule has 1 unspecified atom stereocenters. The van der Waals surface area contributed by atoms with E-state index in [0.717, 1.165) is 12.1 Å². The second-order valence-corrected chi connectivity index (χ2v) is 5.80. The number of rotatable bonds is 5. The van der Waals surface area contributed by atoms with Crippen molar-refractivity contribution in [1.29, 1.82) is 0 Å². The number of benzene rings is 1. The van der Waals surface area contributed by atoms with Gasteiger partial charge in [-0.2, -0.15) is 0 Å². The van der Waals surface area contributed by atoms with E-state index in [9.17, 15) is 4.79 Å². The number of hydrogen-bond acceptors (Lipinski definition) is 3. The fourth-order valence-electron chi connectivity index (χ4n) is 2.09. The highest BCUT2D eigenvalue weighted by atomic mass is 16.5. The molecule has 19 heavy (non-hydrogen) atoms. The van der Waals surface area contributed by atoms with Crippen molar-refractivity contribution in [2.24, 2.45) is 5.92 Å². The highest BCUT2D eigenvalue weighted by Crippen LogP contribution is 2.29. The number of nitrogens with one attached hydrogen (secondary N) is 1. The first-order valence-electron chi connectivity index (χ1n) is 6.81. The Labute approximate surface area is 116 Å². The van der Waals surface area contributed by atoms with Crippen molar-refractivity contribution in [3.8, 4) is 0 Å². The predicted molar refractivity (Wildman–Crippen MR) is 79.4 cm³/mol. The summed E-state index contributed by atoms with van der Waals surface area (Å²) in [5, 5.41) is 3.39. The zero-order valence-corrected chi connectivity index (χ0v) is 12.6. The van der Waals surface area contributed by atoms with Crippen LogP contribution in [0.2, 0.25) is 0 Å². The van der Waals surface area contributed by atoms with E-state index >= 15 is 0 Å². The summed E-state index contributed by atoms with van der Waals surface area (Å²) < 4.78 is 4.81. The minimum Gasteiger partial charge on any atom is -0.469 e. The molecule has 1 N–H and O–H groups in total. The van der Waals surface area contributed by atoms with Gasteiger partial charge in [0.2, 0.25) is 0 Å². The quantitative estimate of drug-likeness (QED) is 0.825. The Kier molecular flexibility index (Phi) is 5.40. The van der Waals surface area contributed by atoms with Crippen molar-refractivity contribution in [2.75, 3.05) is 19.0 Å². The molecule has 1 atom stereocenters. The van der Waals surface area contributed by atoms with Crippen LogP contribution in [0.1, 0.15) is 39.7 Å². The highest BCUT2D eigenvalue weighted by Gasteiger charge is 2.20. The Morgan fingerprint density at radius 2 is 1.95 bits per heavy atom. The summed E-state index contributed by atoms with van der Waals surface area (Å²) in [5.74, 6) is -0.249. The van der Waals surface area contributed by atoms with Gasteiger partial charge in [-0.05, 0) is 23.5 Å².